The molecule has 11 heteroatoms. The quantitative estimate of drug-likeness (QED) is 0.278. The van der Waals surface area contributed by atoms with Gasteiger partial charge in [0.05, 0.1) is 5.01 Å². The summed E-state index contributed by atoms with van der Waals surface area (Å²) < 4.78 is -2.93. The largest absolute Gasteiger partial charge is 0.412 e. The summed E-state index contributed by atoms with van der Waals surface area (Å²) >= 11 is 11.7. The predicted molar refractivity (Wildman–Crippen MR) is 61.5 cm³/mol. The van der Waals surface area contributed by atoms with Crippen LogP contribution < -0.4 is 10.6 Å². The first-order valence-electron chi connectivity index (χ1n) is 3.98. The van der Waals surface area contributed by atoms with Crippen LogP contribution in [0.2, 0.25) is 0 Å². The predicted octanol–water partition coefficient (Wildman–Crippen LogP) is 0.691. The minimum Gasteiger partial charge on any atom is -0.310 e. The summed E-state index contributed by atoms with van der Waals surface area (Å²) in [5, 5.41) is 4.73. The highest BCUT2D eigenvalue weighted by Gasteiger charge is 2.73. The number of amides is 5. The Labute approximate surface area is 116 Å². The average Bonchev–Trinajstić information content (AvgIpc) is 2.50. The molecule has 0 bridgehead atoms. The van der Waals surface area contributed by atoms with Crippen molar-refractivity contribution >= 4 is 61.6 Å². The Hall–Kier alpha value is -1.05. The van der Waals surface area contributed by atoms with E-state index >= 15 is 0 Å². The molecule has 0 aromatic carbocycles. The molecule has 0 spiro atoms. The summed E-state index contributed by atoms with van der Waals surface area (Å²) in [7, 11) is 0. The lowest BCUT2D eigenvalue weighted by Crippen LogP contribution is -2.73. The van der Waals surface area contributed by atoms with Crippen molar-refractivity contribution in [2.75, 3.05) is 0 Å². The van der Waals surface area contributed by atoms with E-state index in [2.05, 4.69) is 47.4 Å². The van der Waals surface area contributed by atoms with E-state index in [0.717, 1.165) is 0 Å². The molecule has 90 valence electrons. The van der Waals surface area contributed by atoms with Crippen molar-refractivity contribution in [1.82, 2.24) is 20.1 Å². The molecular weight excluding hydrogens is 385 g/mol. The maximum absolute atomic E-state index is 11.9. The molecule has 5 amide bonds. The second-order valence-corrected chi connectivity index (χ2v) is 5.82. The van der Waals surface area contributed by atoms with Gasteiger partial charge >= 0.3 is 18.0 Å². The second kappa shape index (κ2) is 3.47. The third-order valence-electron chi connectivity index (χ3n) is 2.23. The number of nitrogens with one attached hydrogen (secondary N) is 2. The van der Waals surface area contributed by atoms with E-state index in [1.54, 1.807) is 0 Å². The molecule has 2 aliphatic rings. The molecule has 2 atom stereocenters. The van der Waals surface area contributed by atoms with Crippen LogP contribution in [0.25, 0.3) is 4.95 Å². The van der Waals surface area contributed by atoms with E-state index in [9.17, 15) is 14.4 Å². The molecular formula is C6H2Br2ClN5O3. The van der Waals surface area contributed by atoms with Crippen LogP contribution in [-0.4, -0.2) is 36.4 Å². The van der Waals surface area contributed by atoms with Crippen molar-refractivity contribution in [3.63, 3.8) is 0 Å². The second-order valence-electron chi connectivity index (χ2n) is 3.14. The fourth-order valence-electron chi connectivity index (χ4n) is 1.42. The van der Waals surface area contributed by atoms with E-state index < -0.39 is 27.0 Å². The van der Waals surface area contributed by atoms with Gasteiger partial charge < -0.3 is 10.6 Å². The number of urea groups is 2. The van der Waals surface area contributed by atoms with Crippen LogP contribution in [0, 0.1) is 6.57 Å². The standard InChI is InChI=1S/C6H2Br2ClN5O3/c1-10-13-2(15)5(7)6(8,12-3(16)11-5)14(9)4(13)17/h(H2,11,12,16). The number of alkyl halides is 2. The SMILES string of the molecule is [C-]#[N+]N1C(=O)N(Cl)C2(Br)NC(=O)NC2(Br)C1=O. The van der Waals surface area contributed by atoms with Crippen molar-refractivity contribution in [3.8, 4) is 0 Å². The molecule has 0 radical (unpaired) electrons. The summed E-state index contributed by atoms with van der Waals surface area (Å²) in [5.74, 6) is -0.954. The van der Waals surface area contributed by atoms with E-state index in [-0.39, 0.29) is 5.01 Å². The monoisotopic (exact) mass is 385 g/mol. The van der Waals surface area contributed by atoms with Crippen LogP contribution in [-0.2, 0) is 4.79 Å². The van der Waals surface area contributed by atoms with Gasteiger partial charge in [0, 0.05) is 11.8 Å². The first-order chi connectivity index (χ1) is 7.78. The Morgan fingerprint density at radius 3 is 2.41 bits per heavy atom. The number of nitrogens with zero attached hydrogens (tertiary/aromatic N) is 3. The van der Waals surface area contributed by atoms with Crippen LogP contribution in [0.3, 0.4) is 0 Å². The normalized spacial score (nSPS) is 36.2. The lowest BCUT2D eigenvalue weighted by atomic mass is 10.2. The maximum Gasteiger partial charge on any atom is 0.412 e. The molecule has 0 aliphatic carbocycles. The van der Waals surface area contributed by atoms with Crippen molar-refractivity contribution in [2.24, 2.45) is 0 Å². The molecule has 8 nitrogen and oxygen atoms in total. The van der Waals surface area contributed by atoms with Gasteiger partial charge in [0.15, 0.2) is 0 Å². The highest BCUT2D eigenvalue weighted by Crippen LogP contribution is 2.46. The Kier molecular flexibility index (Phi) is 2.53. The van der Waals surface area contributed by atoms with Gasteiger partial charge in [-0.1, -0.05) is 0 Å². The van der Waals surface area contributed by atoms with E-state index in [1.165, 1.54) is 0 Å². The first kappa shape index (κ1) is 12.4. The van der Waals surface area contributed by atoms with Crippen LogP contribution >= 0.6 is 43.6 Å². The molecule has 2 saturated heterocycles. The van der Waals surface area contributed by atoms with Crippen molar-refractivity contribution in [2.45, 2.75) is 9.02 Å². The van der Waals surface area contributed by atoms with Crippen LogP contribution in [0.5, 0.6) is 0 Å². The fraction of sp³-hybridized carbons (Fsp3) is 0.333. The highest BCUT2D eigenvalue weighted by molar-refractivity contribution is 9.13. The maximum atomic E-state index is 11.9. The van der Waals surface area contributed by atoms with Gasteiger partial charge in [0.2, 0.25) is 9.02 Å². The number of fused-ring (bicyclic) bond motifs is 1. The lowest BCUT2D eigenvalue weighted by Gasteiger charge is -2.41. The van der Waals surface area contributed by atoms with Crippen molar-refractivity contribution < 1.29 is 14.4 Å². The zero-order valence-electron chi connectivity index (χ0n) is 7.70. The number of rotatable bonds is 0. The van der Waals surface area contributed by atoms with Gasteiger partial charge in [-0.25, -0.2) is 9.59 Å². The summed E-state index contributed by atoms with van der Waals surface area (Å²) in [5.41, 5.74) is 0. The zero-order valence-corrected chi connectivity index (χ0v) is 11.6. The Bertz CT molecular complexity index is 495. The molecule has 2 fully saturated rings. The number of halogens is 3. The van der Waals surface area contributed by atoms with Crippen molar-refractivity contribution in [3.05, 3.63) is 11.5 Å². The van der Waals surface area contributed by atoms with Gasteiger partial charge in [0.1, 0.15) is 0 Å². The van der Waals surface area contributed by atoms with Crippen LogP contribution in [0.4, 0.5) is 9.59 Å². The summed E-state index contributed by atoms with van der Waals surface area (Å²) in [4.78, 5) is 37.6. The zero-order chi connectivity index (χ0) is 13.0. The van der Waals surface area contributed by atoms with Gasteiger partial charge in [-0.05, 0) is 31.9 Å². The van der Waals surface area contributed by atoms with Gasteiger partial charge in [0.25, 0.3) is 0 Å². The number of imide groups is 1. The summed E-state index contributed by atoms with van der Waals surface area (Å²) in [6, 6.07) is -1.79. The lowest BCUT2D eigenvalue weighted by molar-refractivity contribution is -0.133. The van der Waals surface area contributed by atoms with Gasteiger partial charge in [-0.2, -0.15) is 11.0 Å². The fourth-order valence-corrected chi connectivity index (χ4v) is 2.99. The molecule has 2 rings (SSSR count). The van der Waals surface area contributed by atoms with Gasteiger partial charge in [-0.3, -0.25) is 4.79 Å². The van der Waals surface area contributed by atoms with Gasteiger partial charge in [-0.15, -0.1) is 4.95 Å². The average molecular weight is 387 g/mol. The topological polar surface area (TPSA) is 86.1 Å². The highest BCUT2D eigenvalue weighted by atomic mass is 79.9. The minimum absolute atomic E-state index is 0.217. The molecule has 2 unspecified atom stereocenters. The first-order valence-corrected chi connectivity index (χ1v) is 5.90. The van der Waals surface area contributed by atoms with Crippen LogP contribution in [0.15, 0.2) is 0 Å². The van der Waals surface area contributed by atoms with Crippen LogP contribution in [0.1, 0.15) is 0 Å². The Morgan fingerprint density at radius 1 is 1.29 bits per heavy atom. The number of hydrogen-bond donors (Lipinski definition) is 2. The third-order valence-corrected chi connectivity index (χ3v) is 5.62. The summed E-state index contributed by atoms with van der Waals surface area (Å²) in [6.07, 6.45) is 0. The minimum atomic E-state index is -1.75. The molecule has 0 aromatic rings. The molecule has 2 aliphatic heterocycles. The van der Waals surface area contributed by atoms with E-state index in [1.807, 2.05) is 0 Å². The Balaban J connectivity index is 2.60. The number of hydrogen-bond acceptors (Lipinski definition) is 3. The summed E-state index contributed by atoms with van der Waals surface area (Å²) in [6.45, 7) is 6.75. The van der Waals surface area contributed by atoms with E-state index in [0.29, 0.717) is 4.42 Å². The molecule has 0 saturated carbocycles. The smallest absolute Gasteiger partial charge is 0.310 e. The number of carbonyl (C=O) groups is 3. The number of carbonyl (C=O) groups excluding carboxylic acids is 3. The third kappa shape index (κ3) is 1.30. The molecule has 2 N–H and O–H groups in total. The molecule has 0 aromatic heterocycles. The Morgan fingerprint density at radius 2 is 1.88 bits per heavy atom. The van der Waals surface area contributed by atoms with Crippen molar-refractivity contribution in [1.29, 1.82) is 0 Å². The molecule has 2 heterocycles. The molecule has 17 heavy (non-hydrogen) atoms. The van der Waals surface area contributed by atoms with E-state index in [4.69, 9.17) is 18.3 Å².